The number of hydrogen-bond acceptors (Lipinski definition) is 4. The van der Waals surface area contributed by atoms with Gasteiger partial charge in [-0.1, -0.05) is 6.07 Å². The van der Waals surface area contributed by atoms with Crippen molar-refractivity contribution in [1.29, 1.82) is 0 Å². The molecule has 1 aromatic rings. The Morgan fingerprint density at radius 1 is 1.45 bits per heavy atom. The first-order chi connectivity index (χ1) is 9.28. The number of pyridine rings is 1. The topological polar surface area (TPSA) is 54.5 Å². The first-order valence-corrected chi connectivity index (χ1v) is 6.85. The maximum atomic E-state index is 11.6. The molecule has 1 heterocycles. The van der Waals surface area contributed by atoms with E-state index < -0.39 is 5.60 Å². The van der Waals surface area contributed by atoms with Crippen LogP contribution in [0.25, 0.3) is 0 Å². The largest absolute Gasteiger partial charge is 0.444 e. The van der Waals surface area contributed by atoms with Crippen molar-refractivity contribution in [2.24, 2.45) is 0 Å². The molecule has 0 saturated heterocycles. The Morgan fingerprint density at radius 2 is 2.15 bits per heavy atom. The standard InChI is InChI=1S/C15H25N3O2/c1-12(10-17-14(19)20-15(2,3)4)18(5)11-13-8-6-7-9-16-13/h6-9,12H,10-11H2,1-5H3,(H,17,19)/t12-/m0/s1. The zero-order valence-electron chi connectivity index (χ0n) is 13.0. The van der Waals surface area contributed by atoms with E-state index in [-0.39, 0.29) is 12.1 Å². The van der Waals surface area contributed by atoms with Crippen molar-refractivity contribution >= 4 is 6.09 Å². The van der Waals surface area contributed by atoms with Crippen molar-refractivity contribution in [3.05, 3.63) is 30.1 Å². The Balaban J connectivity index is 2.35. The number of nitrogens with zero attached hydrogens (tertiary/aromatic N) is 2. The third kappa shape index (κ3) is 6.52. The Labute approximate surface area is 121 Å². The highest BCUT2D eigenvalue weighted by Crippen LogP contribution is 2.07. The number of ether oxygens (including phenoxy) is 1. The van der Waals surface area contributed by atoms with Crippen LogP contribution in [0.15, 0.2) is 24.4 Å². The third-order valence-corrected chi connectivity index (χ3v) is 2.83. The van der Waals surface area contributed by atoms with Crippen LogP contribution in [-0.4, -0.2) is 41.2 Å². The average Bonchev–Trinajstić information content (AvgIpc) is 2.35. The Kier molecular flexibility index (Phi) is 5.95. The van der Waals surface area contributed by atoms with Crippen molar-refractivity contribution in [2.75, 3.05) is 13.6 Å². The molecule has 0 spiro atoms. The van der Waals surface area contributed by atoms with E-state index in [1.807, 2.05) is 46.0 Å². The van der Waals surface area contributed by atoms with Gasteiger partial charge in [0.1, 0.15) is 5.60 Å². The van der Waals surface area contributed by atoms with Crippen LogP contribution < -0.4 is 5.32 Å². The van der Waals surface area contributed by atoms with Crippen molar-refractivity contribution in [3.8, 4) is 0 Å². The van der Waals surface area contributed by atoms with Crippen molar-refractivity contribution < 1.29 is 9.53 Å². The molecule has 1 atom stereocenters. The van der Waals surface area contributed by atoms with E-state index in [1.54, 1.807) is 6.20 Å². The summed E-state index contributed by atoms with van der Waals surface area (Å²) in [4.78, 5) is 18.0. The van der Waals surface area contributed by atoms with E-state index in [1.165, 1.54) is 0 Å². The van der Waals surface area contributed by atoms with Crippen LogP contribution >= 0.6 is 0 Å². The molecule has 0 aliphatic carbocycles. The van der Waals surface area contributed by atoms with Gasteiger partial charge in [-0.3, -0.25) is 9.88 Å². The predicted molar refractivity (Wildman–Crippen MR) is 79.4 cm³/mol. The van der Waals surface area contributed by atoms with Crippen molar-refractivity contribution in [3.63, 3.8) is 0 Å². The van der Waals surface area contributed by atoms with Gasteiger partial charge in [-0.05, 0) is 46.9 Å². The number of carbonyl (C=O) groups excluding carboxylic acids is 1. The van der Waals surface area contributed by atoms with Crippen LogP contribution in [0, 0.1) is 0 Å². The number of rotatable bonds is 5. The number of aromatic nitrogens is 1. The van der Waals surface area contributed by atoms with Gasteiger partial charge in [0.05, 0.1) is 5.69 Å². The second-order valence-corrected chi connectivity index (χ2v) is 5.97. The summed E-state index contributed by atoms with van der Waals surface area (Å²) in [5.74, 6) is 0. The first-order valence-electron chi connectivity index (χ1n) is 6.85. The van der Waals surface area contributed by atoms with Crippen LogP contribution in [0.1, 0.15) is 33.4 Å². The van der Waals surface area contributed by atoms with Gasteiger partial charge >= 0.3 is 6.09 Å². The minimum Gasteiger partial charge on any atom is -0.444 e. The summed E-state index contributed by atoms with van der Waals surface area (Å²) in [7, 11) is 2.01. The summed E-state index contributed by atoms with van der Waals surface area (Å²) in [5.41, 5.74) is 0.548. The maximum Gasteiger partial charge on any atom is 0.407 e. The maximum absolute atomic E-state index is 11.6. The van der Waals surface area contributed by atoms with Gasteiger partial charge in [-0.15, -0.1) is 0 Å². The van der Waals surface area contributed by atoms with Crippen LogP contribution in [0.5, 0.6) is 0 Å². The Morgan fingerprint density at radius 3 is 2.70 bits per heavy atom. The second-order valence-electron chi connectivity index (χ2n) is 5.97. The van der Waals surface area contributed by atoms with E-state index in [9.17, 15) is 4.79 Å². The van der Waals surface area contributed by atoms with E-state index in [4.69, 9.17) is 4.74 Å². The van der Waals surface area contributed by atoms with Crippen LogP contribution in [0.3, 0.4) is 0 Å². The predicted octanol–water partition coefficient (Wildman–Crippen LogP) is 2.43. The Hall–Kier alpha value is -1.62. The molecule has 0 aliphatic heterocycles. The molecule has 1 rings (SSSR count). The smallest absolute Gasteiger partial charge is 0.407 e. The van der Waals surface area contributed by atoms with Gasteiger partial charge in [-0.25, -0.2) is 4.79 Å². The lowest BCUT2D eigenvalue weighted by Gasteiger charge is -2.25. The van der Waals surface area contributed by atoms with E-state index in [0.29, 0.717) is 6.54 Å². The fraction of sp³-hybridized carbons (Fsp3) is 0.600. The normalized spacial score (nSPS) is 13.1. The fourth-order valence-electron chi connectivity index (χ4n) is 1.60. The molecule has 0 aliphatic rings. The first kappa shape index (κ1) is 16.4. The number of alkyl carbamates (subject to hydrolysis) is 1. The molecule has 1 amide bonds. The van der Waals surface area contributed by atoms with E-state index >= 15 is 0 Å². The molecule has 5 nitrogen and oxygen atoms in total. The van der Waals surface area contributed by atoms with Crippen molar-refractivity contribution in [1.82, 2.24) is 15.2 Å². The highest BCUT2D eigenvalue weighted by molar-refractivity contribution is 5.67. The fourth-order valence-corrected chi connectivity index (χ4v) is 1.60. The summed E-state index contributed by atoms with van der Waals surface area (Å²) in [6.07, 6.45) is 1.41. The third-order valence-electron chi connectivity index (χ3n) is 2.83. The molecular formula is C15H25N3O2. The lowest BCUT2D eigenvalue weighted by molar-refractivity contribution is 0.0512. The second kappa shape index (κ2) is 7.24. The summed E-state index contributed by atoms with van der Waals surface area (Å²) in [6, 6.07) is 6.06. The van der Waals surface area contributed by atoms with Gasteiger partial charge in [0, 0.05) is 25.3 Å². The number of amides is 1. The molecule has 1 aromatic heterocycles. The molecule has 20 heavy (non-hydrogen) atoms. The summed E-state index contributed by atoms with van der Waals surface area (Å²) < 4.78 is 5.21. The number of carbonyl (C=O) groups is 1. The van der Waals surface area contributed by atoms with Gasteiger partial charge in [0.25, 0.3) is 0 Å². The average molecular weight is 279 g/mol. The summed E-state index contributed by atoms with van der Waals surface area (Å²) >= 11 is 0. The zero-order valence-corrected chi connectivity index (χ0v) is 13.0. The van der Waals surface area contributed by atoms with E-state index in [0.717, 1.165) is 12.2 Å². The highest BCUT2D eigenvalue weighted by Gasteiger charge is 2.17. The van der Waals surface area contributed by atoms with E-state index in [2.05, 4.69) is 22.1 Å². The molecule has 0 aromatic carbocycles. The lowest BCUT2D eigenvalue weighted by atomic mass is 10.2. The molecular weight excluding hydrogens is 254 g/mol. The quantitative estimate of drug-likeness (QED) is 0.899. The van der Waals surface area contributed by atoms with Crippen LogP contribution in [-0.2, 0) is 11.3 Å². The molecule has 0 saturated carbocycles. The molecule has 0 radical (unpaired) electrons. The molecule has 112 valence electrons. The number of likely N-dealkylation sites (N-methyl/N-ethyl adjacent to an activating group) is 1. The highest BCUT2D eigenvalue weighted by atomic mass is 16.6. The molecule has 0 bridgehead atoms. The van der Waals surface area contributed by atoms with Crippen molar-refractivity contribution in [2.45, 2.75) is 45.9 Å². The van der Waals surface area contributed by atoms with Gasteiger partial charge in [0.15, 0.2) is 0 Å². The minimum absolute atomic E-state index is 0.199. The van der Waals surface area contributed by atoms with Gasteiger partial charge in [0.2, 0.25) is 0 Å². The Bertz CT molecular complexity index is 415. The van der Waals surface area contributed by atoms with Crippen LogP contribution in [0.4, 0.5) is 4.79 Å². The monoisotopic (exact) mass is 279 g/mol. The summed E-state index contributed by atoms with van der Waals surface area (Å²) in [5, 5.41) is 2.78. The summed E-state index contributed by atoms with van der Waals surface area (Å²) in [6.45, 7) is 8.90. The molecule has 0 unspecified atom stereocenters. The molecule has 0 fully saturated rings. The SMILES string of the molecule is C[C@@H](CNC(=O)OC(C)(C)C)N(C)Cc1ccccn1. The molecule has 5 heteroatoms. The number of nitrogens with one attached hydrogen (secondary N) is 1. The lowest BCUT2D eigenvalue weighted by Crippen LogP contribution is -2.41. The zero-order chi connectivity index (χ0) is 15.2. The van der Waals surface area contributed by atoms with Gasteiger partial charge in [-0.2, -0.15) is 0 Å². The molecule has 1 N–H and O–H groups in total. The number of hydrogen-bond donors (Lipinski definition) is 1. The minimum atomic E-state index is -0.465. The van der Waals surface area contributed by atoms with Crippen LogP contribution in [0.2, 0.25) is 0 Å². The van der Waals surface area contributed by atoms with Gasteiger partial charge < -0.3 is 10.1 Å².